The Bertz CT molecular complexity index is 493. The second-order valence-electron chi connectivity index (χ2n) is 5.38. The van der Waals surface area contributed by atoms with E-state index >= 15 is 0 Å². The summed E-state index contributed by atoms with van der Waals surface area (Å²) in [5, 5.41) is 3.36. The van der Waals surface area contributed by atoms with Crippen LogP contribution in [0, 0.1) is 5.92 Å². The number of hydrogen-bond acceptors (Lipinski definition) is 5. The third kappa shape index (κ3) is 4.35. The fraction of sp³-hybridized carbons (Fsp3) is 0.467. The van der Waals surface area contributed by atoms with Gasteiger partial charge < -0.3 is 14.6 Å². The third-order valence-corrected chi connectivity index (χ3v) is 2.94. The maximum absolute atomic E-state index is 5.06. The van der Waals surface area contributed by atoms with Crippen molar-refractivity contribution in [3.8, 4) is 0 Å². The normalized spacial score (nSPS) is 11.0. The van der Waals surface area contributed by atoms with Gasteiger partial charge in [-0.25, -0.2) is 4.98 Å². The summed E-state index contributed by atoms with van der Waals surface area (Å²) >= 11 is 0. The van der Waals surface area contributed by atoms with Crippen LogP contribution in [-0.4, -0.2) is 23.6 Å². The van der Waals surface area contributed by atoms with Crippen LogP contribution in [0.5, 0.6) is 0 Å². The van der Waals surface area contributed by atoms with Gasteiger partial charge in [0.2, 0.25) is 0 Å². The van der Waals surface area contributed by atoms with Gasteiger partial charge in [0.1, 0.15) is 5.82 Å². The lowest BCUT2D eigenvalue weighted by Gasteiger charge is -2.16. The maximum Gasteiger partial charge on any atom is 0.147 e. The Morgan fingerprint density at radius 1 is 1.30 bits per heavy atom. The number of furan rings is 1. The maximum atomic E-state index is 5.06. The smallest absolute Gasteiger partial charge is 0.147 e. The van der Waals surface area contributed by atoms with Gasteiger partial charge in [0.25, 0.3) is 0 Å². The van der Waals surface area contributed by atoms with Crippen LogP contribution in [0.3, 0.4) is 0 Å². The first-order chi connectivity index (χ1) is 9.65. The molecule has 0 saturated carbocycles. The minimum atomic E-state index is 0.642. The van der Waals surface area contributed by atoms with Crippen molar-refractivity contribution >= 4 is 5.82 Å². The van der Waals surface area contributed by atoms with E-state index in [0.717, 1.165) is 36.7 Å². The van der Waals surface area contributed by atoms with E-state index < -0.39 is 0 Å². The zero-order chi connectivity index (χ0) is 14.4. The van der Waals surface area contributed by atoms with Crippen LogP contribution < -0.4 is 10.2 Å². The average Bonchev–Trinajstić information content (AvgIpc) is 2.92. The number of nitrogens with zero attached hydrogens (tertiary/aromatic N) is 3. The van der Waals surface area contributed by atoms with E-state index in [1.54, 1.807) is 12.5 Å². The summed E-state index contributed by atoms with van der Waals surface area (Å²) in [6.07, 6.45) is 7.06. The van der Waals surface area contributed by atoms with Gasteiger partial charge in [0, 0.05) is 25.7 Å². The summed E-state index contributed by atoms with van der Waals surface area (Å²) in [5.41, 5.74) is 2.09. The lowest BCUT2D eigenvalue weighted by atomic mass is 10.2. The van der Waals surface area contributed by atoms with Crippen molar-refractivity contribution in [3.63, 3.8) is 0 Å². The number of rotatable bonds is 7. The molecule has 0 amide bonds. The summed E-state index contributed by atoms with van der Waals surface area (Å²) in [5.74, 6) is 1.50. The Balaban J connectivity index is 1.87. The molecule has 0 spiro atoms. The van der Waals surface area contributed by atoms with Gasteiger partial charge in [-0.3, -0.25) is 4.98 Å². The van der Waals surface area contributed by atoms with Crippen LogP contribution in [0.15, 0.2) is 35.4 Å². The zero-order valence-corrected chi connectivity index (χ0v) is 12.3. The van der Waals surface area contributed by atoms with Crippen LogP contribution in [-0.2, 0) is 13.1 Å². The van der Waals surface area contributed by atoms with Crippen molar-refractivity contribution in [3.05, 3.63) is 42.2 Å². The first-order valence-electron chi connectivity index (χ1n) is 6.89. The summed E-state index contributed by atoms with van der Waals surface area (Å²) in [6.45, 7) is 6.88. The van der Waals surface area contributed by atoms with E-state index in [2.05, 4.69) is 29.1 Å². The second kappa shape index (κ2) is 7.05. The SMILES string of the molecule is CC(C)CNCc1cnc(N(C)Cc2ccoc2)cn1. The molecule has 108 valence electrons. The molecule has 0 aliphatic rings. The Morgan fingerprint density at radius 2 is 2.15 bits per heavy atom. The Kier molecular flexibility index (Phi) is 5.12. The van der Waals surface area contributed by atoms with Crippen LogP contribution >= 0.6 is 0 Å². The molecule has 2 aromatic rings. The quantitative estimate of drug-likeness (QED) is 0.840. The largest absolute Gasteiger partial charge is 0.472 e. The monoisotopic (exact) mass is 274 g/mol. The molecule has 0 fully saturated rings. The minimum absolute atomic E-state index is 0.642. The molecule has 5 heteroatoms. The highest BCUT2D eigenvalue weighted by atomic mass is 16.3. The fourth-order valence-electron chi connectivity index (χ4n) is 1.86. The minimum Gasteiger partial charge on any atom is -0.472 e. The third-order valence-electron chi connectivity index (χ3n) is 2.94. The van der Waals surface area contributed by atoms with Gasteiger partial charge in [-0.2, -0.15) is 0 Å². The molecule has 1 N–H and O–H groups in total. The number of hydrogen-bond donors (Lipinski definition) is 1. The number of nitrogens with one attached hydrogen (secondary N) is 1. The molecular weight excluding hydrogens is 252 g/mol. The summed E-state index contributed by atoms with van der Waals surface area (Å²) in [6, 6.07) is 1.95. The molecule has 0 radical (unpaired) electrons. The molecule has 0 aliphatic carbocycles. The van der Waals surface area contributed by atoms with E-state index in [-0.39, 0.29) is 0 Å². The van der Waals surface area contributed by atoms with E-state index in [0.29, 0.717) is 5.92 Å². The summed E-state index contributed by atoms with van der Waals surface area (Å²) in [7, 11) is 1.99. The molecule has 0 saturated heterocycles. The van der Waals surface area contributed by atoms with Crippen LogP contribution in [0.1, 0.15) is 25.1 Å². The van der Waals surface area contributed by atoms with E-state index in [1.165, 1.54) is 0 Å². The van der Waals surface area contributed by atoms with Gasteiger partial charge in [-0.15, -0.1) is 0 Å². The van der Waals surface area contributed by atoms with Crippen LogP contribution in [0.2, 0.25) is 0 Å². The standard InChI is InChI=1S/C15H22N4O/c1-12(2)6-16-7-14-8-18-15(9-17-14)19(3)10-13-4-5-20-11-13/h4-5,8-9,11-12,16H,6-7,10H2,1-3H3. The topological polar surface area (TPSA) is 54.2 Å². The fourth-order valence-corrected chi connectivity index (χ4v) is 1.86. The number of anilines is 1. The van der Waals surface area contributed by atoms with E-state index in [1.807, 2.05) is 30.4 Å². The van der Waals surface area contributed by atoms with E-state index in [4.69, 9.17) is 4.42 Å². The van der Waals surface area contributed by atoms with Crippen molar-refractivity contribution < 1.29 is 4.42 Å². The van der Waals surface area contributed by atoms with Crippen molar-refractivity contribution in [2.45, 2.75) is 26.9 Å². The molecule has 2 aromatic heterocycles. The Morgan fingerprint density at radius 3 is 2.75 bits per heavy atom. The molecule has 2 heterocycles. The Hall–Kier alpha value is -1.88. The first-order valence-corrected chi connectivity index (χ1v) is 6.89. The molecule has 0 unspecified atom stereocenters. The predicted molar refractivity (Wildman–Crippen MR) is 79.4 cm³/mol. The molecule has 20 heavy (non-hydrogen) atoms. The Labute approximate surface area is 120 Å². The van der Waals surface area contributed by atoms with E-state index in [9.17, 15) is 0 Å². The molecule has 2 rings (SSSR count). The zero-order valence-electron chi connectivity index (χ0n) is 12.3. The van der Waals surface area contributed by atoms with Gasteiger partial charge in [0.05, 0.1) is 30.6 Å². The number of aromatic nitrogens is 2. The predicted octanol–water partition coefficient (Wildman–Crippen LogP) is 2.45. The molecule has 0 bridgehead atoms. The molecular formula is C15H22N4O. The van der Waals surface area contributed by atoms with Crippen molar-refractivity contribution in [2.24, 2.45) is 5.92 Å². The van der Waals surface area contributed by atoms with Crippen molar-refractivity contribution in [1.29, 1.82) is 0 Å². The van der Waals surface area contributed by atoms with Gasteiger partial charge in [0.15, 0.2) is 0 Å². The molecule has 0 aliphatic heterocycles. The van der Waals surface area contributed by atoms with Gasteiger partial charge >= 0.3 is 0 Å². The molecule has 0 atom stereocenters. The molecule has 0 aromatic carbocycles. The van der Waals surface area contributed by atoms with Crippen LogP contribution in [0.25, 0.3) is 0 Å². The molecule has 5 nitrogen and oxygen atoms in total. The van der Waals surface area contributed by atoms with Crippen LogP contribution in [0.4, 0.5) is 5.82 Å². The van der Waals surface area contributed by atoms with Gasteiger partial charge in [-0.1, -0.05) is 13.8 Å². The van der Waals surface area contributed by atoms with Crippen molar-refractivity contribution in [2.75, 3.05) is 18.5 Å². The summed E-state index contributed by atoms with van der Waals surface area (Å²) < 4.78 is 5.06. The summed E-state index contributed by atoms with van der Waals surface area (Å²) in [4.78, 5) is 10.9. The lowest BCUT2D eigenvalue weighted by molar-refractivity contribution is 0.547. The highest BCUT2D eigenvalue weighted by molar-refractivity contribution is 5.35. The highest BCUT2D eigenvalue weighted by Crippen LogP contribution is 2.11. The van der Waals surface area contributed by atoms with Crippen molar-refractivity contribution in [1.82, 2.24) is 15.3 Å². The highest BCUT2D eigenvalue weighted by Gasteiger charge is 2.05. The first kappa shape index (κ1) is 14.5. The average molecular weight is 274 g/mol. The lowest BCUT2D eigenvalue weighted by Crippen LogP contribution is -2.21. The van der Waals surface area contributed by atoms with Gasteiger partial charge in [-0.05, 0) is 18.5 Å². The second-order valence-corrected chi connectivity index (χ2v) is 5.38.